The number of hydrogen-bond donors (Lipinski definition) is 2. The average Bonchev–Trinajstić information content (AvgIpc) is 2.76. The van der Waals surface area contributed by atoms with Crippen molar-refractivity contribution in [2.75, 3.05) is 6.61 Å². The first-order chi connectivity index (χ1) is 14.6. The quantitative estimate of drug-likeness (QED) is 0.738. The van der Waals surface area contributed by atoms with Gasteiger partial charge in [0, 0.05) is 0 Å². The van der Waals surface area contributed by atoms with E-state index in [0.717, 1.165) is 30.4 Å². The maximum absolute atomic E-state index is 12.9. The maximum atomic E-state index is 12.9. The SMILES string of the molecule is O=C(COc1ccc(-c2ccccc2)cc1)NNC(=O)C12CC3CC(CC(C3)C1)C2. The maximum Gasteiger partial charge on any atom is 0.276 e. The molecule has 5 heteroatoms. The molecule has 6 rings (SSSR count). The summed E-state index contributed by atoms with van der Waals surface area (Å²) < 4.78 is 5.58. The number of carbonyl (C=O) groups is 2. The van der Waals surface area contributed by atoms with Crippen molar-refractivity contribution in [1.29, 1.82) is 0 Å². The number of nitrogens with one attached hydrogen (secondary N) is 2. The second-order valence-corrected chi connectivity index (χ2v) is 9.38. The number of benzene rings is 2. The summed E-state index contributed by atoms with van der Waals surface area (Å²) in [5.74, 6) is 2.35. The summed E-state index contributed by atoms with van der Waals surface area (Å²) in [7, 11) is 0. The molecule has 4 bridgehead atoms. The standard InChI is InChI=1S/C25H28N2O3/c28-23(16-30-22-8-6-21(7-9-22)20-4-2-1-3-5-20)26-27-24(29)25-13-17-10-18(14-25)12-19(11-17)15-25/h1-9,17-19H,10-16H2,(H,26,28)(H,27,29). The van der Waals surface area contributed by atoms with Crippen LogP contribution in [0.2, 0.25) is 0 Å². The minimum absolute atomic E-state index is 0.0119. The van der Waals surface area contributed by atoms with E-state index in [-0.39, 0.29) is 23.8 Å². The molecular weight excluding hydrogens is 376 g/mol. The van der Waals surface area contributed by atoms with Crippen LogP contribution in [-0.2, 0) is 9.59 Å². The smallest absolute Gasteiger partial charge is 0.276 e. The topological polar surface area (TPSA) is 67.4 Å². The van der Waals surface area contributed by atoms with E-state index in [2.05, 4.69) is 23.0 Å². The third kappa shape index (κ3) is 3.81. The van der Waals surface area contributed by atoms with Gasteiger partial charge in [0.05, 0.1) is 5.41 Å². The normalized spacial score (nSPS) is 28.7. The van der Waals surface area contributed by atoms with Gasteiger partial charge in [-0.05, 0) is 79.5 Å². The highest BCUT2D eigenvalue weighted by Gasteiger charge is 2.54. The molecule has 4 saturated carbocycles. The predicted octanol–water partition coefficient (Wildman–Crippen LogP) is 4.10. The Morgan fingerprint density at radius 3 is 1.97 bits per heavy atom. The molecule has 0 unspecified atom stereocenters. The molecule has 2 aromatic carbocycles. The lowest BCUT2D eigenvalue weighted by atomic mass is 9.49. The highest BCUT2D eigenvalue weighted by Crippen LogP contribution is 2.60. The average molecular weight is 405 g/mol. The van der Waals surface area contributed by atoms with Gasteiger partial charge < -0.3 is 4.74 Å². The monoisotopic (exact) mass is 404 g/mol. The predicted molar refractivity (Wildman–Crippen MR) is 114 cm³/mol. The van der Waals surface area contributed by atoms with Gasteiger partial charge in [0.1, 0.15) is 5.75 Å². The van der Waals surface area contributed by atoms with Crippen LogP contribution in [0.5, 0.6) is 5.75 Å². The number of ether oxygens (including phenoxy) is 1. The summed E-state index contributed by atoms with van der Waals surface area (Å²) in [6, 6.07) is 17.7. The summed E-state index contributed by atoms with van der Waals surface area (Å²) in [5, 5.41) is 0. The van der Waals surface area contributed by atoms with Crippen molar-refractivity contribution in [3.63, 3.8) is 0 Å². The molecular formula is C25H28N2O3. The Kier molecular flexibility index (Phi) is 4.97. The van der Waals surface area contributed by atoms with Crippen molar-refractivity contribution in [1.82, 2.24) is 10.9 Å². The van der Waals surface area contributed by atoms with Crippen molar-refractivity contribution in [3.8, 4) is 16.9 Å². The molecule has 30 heavy (non-hydrogen) atoms. The van der Waals surface area contributed by atoms with Crippen LogP contribution in [0.15, 0.2) is 54.6 Å². The molecule has 2 aromatic rings. The Labute approximate surface area is 177 Å². The van der Waals surface area contributed by atoms with Gasteiger partial charge in [-0.3, -0.25) is 20.4 Å². The molecule has 4 aliphatic rings. The number of hydrazine groups is 1. The molecule has 0 aromatic heterocycles. The summed E-state index contributed by atoms with van der Waals surface area (Å²) >= 11 is 0. The van der Waals surface area contributed by atoms with Gasteiger partial charge in [0.15, 0.2) is 6.61 Å². The third-order valence-corrected chi connectivity index (χ3v) is 7.17. The van der Waals surface area contributed by atoms with Crippen molar-refractivity contribution >= 4 is 11.8 Å². The Morgan fingerprint density at radius 2 is 1.37 bits per heavy atom. The third-order valence-electron chi connectivity index (χ3n) is 7.17. The molecule has 4 fully saturated rings. The van der Waals surface area contributed by atoms with E-state index < -0.39 is 0 Å². The molecule has 0 atom stereocenters. The van der Waals surface area contributed by atoms with Crippen LogP contribution in [0.25, 0.3) is 11.1 Å². The lowest BCUT2D eigenvalue weighted by Gasteiger charge is -2.55. The van der Waals surface area contributed by atoms with Crippen molar-refractivity contribution in [2.24, 2.45) is 23.2 Å². The zero-order chi connectivity index (χ0) is 20.6. The lowest BCUT2D eigenvalue weighted by molar-refractivity contribution is -0.149. The van der Waals surface area contributed by atoms with Crippen molar-refractivity contribution in [3.05, 3.63) is 54.6 Å². The van der Waals surface area contributed by atoms with E-state index in [1.54, 1.807) is 0 Å². The first-order valence-corrected chi connectivity index (χ1v) is 11.0. The summed E-state index contributed by atoms with van der Waals surface area (Å²) in [4.78, 5) is 25.1. The van der Waals surface area contributed by atoms with Gasteiger partial charge in [-0.1, -0.05) is 42.5 Å². The first-order valence-electron chi connectivity index (χ1n) is 11.0. The fraction of sp³-hybridized carbons (Fsp3) is 0.440. The summed E-state index contributed by atoms with van der Waals surface area (Å²) in [6.45, 7) is -0.133. The molecule has 0 spiro atoms. The molecule has 2 amide bonds. The second-order valence-electron chi connectivity index (χ2n) is 9.38. The molecule has 0 radical (unpaired) electrons. The van der Waals surface area contributed by atoms with E-state index in [1.807, 2.05) is 42.5 Å². The number of rotatable bonds is 5. The fourth-order valence-electron chi connectivity index (χ4n) is 6.21. The van der Waals surface area contributed by atoms with Crippen molar-refractivity contribution in [2.45, 2.75) is 38.5 Å². The van der Waals surface area contributed by atoms with E-state index in [9.17, 15) is 9.59 Å². The molecule has 0 aliphatic heterocycles. The largest absolute Gasteiger partial charge is 0.484 e. The van der Waals surface area contributed by atoms with Crippen LogP contribution in [0.3, 0.4) is 0 Å². The Morgan fingerprint density at radius 1 is 0.800 bits per heavy atom. The zero-order valence-electron chi connectivity index (χ0n) is 17.1. The first kappa shape index (κ1) is 19.2. The van der Waals surface area contributed by atoms with Crippen LogP contribution in [0.1, 0.15) is 38.5 Å². The second kappa shape index (κ2) is 7.78. The molecule has 4 aliphatic carbocycles. The number of amides is 2. The minimum Gasteiger partial charge on any atom is -0.484 e. The molecule has 156 valence electrons. The number of carbonyl (C=O) groups excluding carboxylic acids is 2. The minimum atomic E-state index is -0.347. The van der Waals surface area contributed by atoms with Crippen LogP contribution < -0.4 is 15.6 Å². The van der Waals surface area contributed by atoms with Gasteiger partial charge in [-0.25, -0.2) is 0 Å². The molecule has 2 N–H and O–H groups in total. The number of hydrogen-bond acceptors (Lipinski definition) is 3. The van der Waals surface area contributed by atoms with E-state index in [0.29, 0.717) is 23.5 Å². The van der Waals surface area contributed by atoms with Gasteiger partial charge in [0.25, 0.3) is 5.91 Å². The van der Waals surface area contributed by atoms with Gasteiger partial charge in [-0.2, -0.15) is 0 Å². The zero-order valence-corrected chi connectivity index (χ0v) is 17.1. The van der Waals surface area contributed by atoms with Crippen LogP contribution in [-0.4, -0.2) is 18.4 Å². The fourth-order valence-corrected chi connectivity index (χ4v) is 6.21. The lowest BCUT2D eigenvalue weighted by Crippen LogP contribution is -2.57. The van der Waals surface area contributed by atoms with E-state index >= 15 is 0 Å². The van der Waals surface area contributed by atoms with E-state index in [4.69, 9.17) is 4.74 Å². The Balaban J connectivity index is 1.11. The Bertz CT molecular complexity index is 888. The van der Waals surface area contributed by atoms with Gasteiger partial charge in [0.2, 0.25) is 5.91 Å². The van der Waals surface area contributed by atoms with Crippen LogP contribution in [0, 0.1) is 23.2 Å². The molecule has 0 heterocycles. The summed E-state index contributed by atoms with van der Waals surface area (Å²) in [5.41, 5.74) is 7.20. The van der Waals surface area contributed by atoms with Crippen LogP contribution >= 0.6 is 0 Å². The van der Waals surface area contributed by atoms with E-state index in [1.165, 1.54) is 19.3 Å². The van der Waals surface area contributed by atoms with Crippen LogP contribution in [0.4, 0.5) is 0 Å². The molecule has 0 saturated heterocycles. The van der Waals surface area contributed by atoms with Crippen molar-refractivity contribution < 1.29 is 14.3 Å². The summed E-state index contributed by atoms with van der Waals surface area (Å²) in [6.07, 6.45) is 6.79. The van der Waals surface area contributed by atoms with Gasteiger partial charge >= 0.3 is 0 Å². The van der Waals surface area contributed by atoms with Gasteiger partial charge in [-0.15, -0.1) is 0 Å². The highest BCUT2D eigenvalue weighted by atomic mass is 16.5. The highest BCUT2D eigenvalue weighted by molar-refractivity contribution is 5.86. The molecule has 5 nitrogen and oxygen atoms in total. The Hall–Kier alpha value is -2.82.